The lowest BCUT2D eigenvalue weighted by molar-refractivity contribution is 0.410. The zero-order chi connectivity index (χ0) is 14.5. The Bertz CT molecular complexity index is 571. The summed E-state index contributed by atoms with van der Waals surface area (Å²) in [5.74, 6) is 0.147. The molecular formula is C15H17ClFNO2. The van der Waals surface area contributed by atoms with Crippen molar-refractivity contribution < 1.29 is 13.5 Å². The van der Waals surface area contributed by atoms with Gasteiger partial charge < -0.3 is 14.5 Å². The lowest BCUT2D eigenvalue weighted by Crippen LogP contribution is -2.24. The molecule has 0 spiro atoms. The molecule has 0 saturated carbocycles. The maximum atomic E-state index is 14.2. The molecule has 1 heterocycles. The van der Waals surface area contributed by atoms with E-state index in [4.69, 9.17) is 20.8 Å². The third-order valence-corrected chi connectivity index (χ3v) is 3.38. The van der Waals surface area contributed by atoms with Crippen molar-refractivity contribution in [3.05, 3.63) is 52.7 Å². The van der Waals surface area contributed by atoms with Crippen LogP contribution in [0.25, 0.3) is 0 Å². The standard InChI is InChI=1S/C15H17ClFNO2/c1-3-7-18-14(12-6-8-20-15(12)16)11-5-4-10(19-2)9-13(11)17/h4-6,8-9,14,18H,3,7H2,1-2H3. The predicted molar refractivity (Wildman–Crippen MR) is 76.8 cm³/mol. The highest BCUT2D eigenvalue weighted by Crippen LogP contribution is 2.31. The third-order valence-electron chi connectivity index (χ3n) is 3.07. The second-order valence-electron chi connectivity index (χ2n) is 4.42. The van der Waals surface area contributed by atoms with Crippen LogP contribution in [0, 0.1) is 5.82 Å². The monoisotopic (exact) mass is 297 g/mol. The van der Waals surface area contributed by atoms with E-state index in [1.807, 2.05) is 6.92 Å². The molecule has 3 nitrogen and oxygen atoms in total. The molecular weight excluding hydrogens is 281 g/mol. The third kappa shape index (κ3) is 3.14. The van der Waals surface area contributed by atoms with Crippen molar-refractivity contribution >= 4 is 11.6 Å². The summed E-state index contributed by atoms with van der Waals surface area (Å²) in [5, 5.41) is 3.55. The molecule has 20 heavy (non-hydrogen) atoms. The number of hydrogen-bond donors (Lipinski definition) is 1. The minimum atomic E-state index is -0.341. The highest BCUT2D eigenvalue weighted by atomic mass is 35.5. The summed E-state index contributed by atoms with van der Waals surface area (Å²) in [5.41, 5.74) is 1.24. The minimum Gasteiger partial charge on any atom is -0.497 e. The van der Waals surface area contributed by atoms with Crippen LogP contribution in [0.4, 0.5) is 4.39 Å². The van der Waals surface area contributed by atoms with Gasteiger partial charge in [0.1, 0.15) is 11.6 Å². The molecule has 108 valence electrons. The van der Waals surface area contributed by atoms with Crippen LogP contribution in [0.3, 0.4) is 0 Å². The Balaban J connectivity index is 2.38. The molecule has 1 aromatic heterocycles. The van der Waals surface area contributed by atoms with Crippen LogP contribution >= 0.6 is 11.6 Å². The van der Waals surface area contributed by atoms with E-state index in [0.29, 0.717) is 11.3 Å². The maximum Gasteiger partial charge on any atom is 0.198 e. The Hall–Kier alpha value is -1.52. The van der Waals surface area contributed by atoms with Crippen molar-refractivity contribution in [3.63, 3.8) is 0 Å². The average Bonchev–Trinajstić information content (AvgIpc) is 2.87. The van der Waals surface area contributed by atoms with E-state index in [-0.39, 0.29) is 17.1 Å². The van der Waals surface area contributed by atoms with Gasteiger partial charge in [-0.05, 0) is 36.7 Å². The van der Waals surface area contributed by atoms with E-state index in [0.717, 1.165) is 18.5 Å². The topological polar surface area (TPSA) is 34.4 Å². The van der Waals surface area contributed by atoms with Gasteiger partial charge in [0.15, 0.2) is 5.22 Å². The zero-order valence-electron chi connectivity index (χ0n) is 11.5. The van der Waals surface area contributed by atoms with Crippen LogP contribution in [0.5, 0.6) is 5.75 Å². The van der Waals surface area contributed by atoms with E-state index in [9.17, 15) is 4.39 Å². The number of hydrogen-bond acceptors (Lipinski definition) is 3. The van der Waals surface area contributed by atoms with E-state index < -0.39 is 0 Å². The molecule has 1 N–H and O–H groups in total. The Morgan fingerprint density at radius 3 is 2.70 bits per heavy atom. The number of halogens is 2. The van der Waals surface area contributed by atoms with Gasteiger partial charge in [0.25, 0.3) is 0 Å². The van der Waals surface area contributed by atoms with Gasteiger partial charge in [-0.25, -0.2) is 4.39 Å². The molecule has 0 radical (unpaired) electrons. The summed E-state index contributed by atoms with van der Waals surface area (Å²) in [6, 6.07) is 6.20. The van der Waals surface area contributed by atoms with Crippen LogP contribution in [0.15, 0.2) is 34.9 Å². The van der Waals surface area contributed by atoms with Gasteiger partial charge in [0.05, 0.1) is 19.4 Å². The van der Waals surface area contributed by atoms with Gasteiger partial charge in [0, 0.05) is 17.2 Å². The summed E-state index contributed by atoms with van der Waals surface area (Å²) >= 11 is 6.02. The van der Waals surface area contributed by atoms with Crippen LogP contribution in [0.2, 0.25) is 5.22 Å². The summed E-state index contributed by atoms with van der Waals surface area (Å²) in [6.07, 6.45) is 2.43. The fourth-order valence-electron chi connectivity index (χ4n) is 2.06. The van der Waals surface area contributed by atoms with E-state index >= 15 is 0 Å². The lowest BCUT2D eigenvalue weighted by Gasteiger charge is -2.19. The Morgan fingerprint density at radius 2 is 2.15 bits per heavy atom. The van der Waals surface area contributed by atoms with Crippen LogP contribution in [-0.4, -0.2) is 13.7 Å². The fourth-order valence-corrected chi connectivity index (χ4v) is 2.28. The van der Waals surface area contributed by atoms with Gasteiger partial charge in [-0.1, -0.05) is 13.0 Å². The molecule has 0 fully saturated rings. The normalized spacial score (nSPS) is 12.4. The predicted octanol–water partition coefficient (Wildman–Crippen LogP) is 4.17. The summed E-state index contributed by atoms with van der Waals surface area (Å²) in [7, 11) is 1.51. The quantitative estimate of drug-likeness (QED) is 0.869. The van der Waals surface area contributed by atoms with Crippen molar-refractivity contribution in [3.8, 4) is 5.75 Å². The SMILES string of the molecule is CCCNC(c1ccc(OC)cc1F)c1ccoc1Cl. The molecule has 0 aliphatic heterocycles. The smallest absolute Gasteiger partial charge is 0.198 e. The molecule has 1 unspecified atom stereocenters. The fraction of sp³-hybridized carbons (Fsp3) is 0.333. The molecule has 5 heteroatoms. The molecule has 0 aliphatic rings. The average molecular weight is 298 g/mol. The first-order chi connectivity index (χ1) is 9.67. The van der Waals surface area contributed by atoms with Crippen molar-refractivity contribution in [1.29, 1.82) is 0 Å². The first kappa shape index (κ1) is 14.9. The van der Waals surface area contributed by atoms with Crippen molar-refractivity contribution in [2.24, 2.45) is 0 Å². The summed E-state index contributed by atoms with van der Waals surface area (Å²) in [6.45, 7) is 2.79. The number of methoxy groups -OCH3 is 1. The first-order valence-corrected chi connectivity index (χ1v) is 6.84. The molecule has 0 amide bonds. The van der Waals surface area contributed by atoms with E-state index in [2.05, 4.69) is 5.32 Å². The molecule has 2 rings (SSSR count). The van der Waals surface area contributed by atoms with Gasteiger partial charge in [-0.15, -0.1) is 0 Å². The Kier molecular flexibility index (Phi) is 5.04. The second kappa shape index (κ2) is 6.77. The van der Waals surface area contributed by atoms with Crippen molar-refractivity contribution in [2.45, 2.75) is 19.4 Å². The maximum absolute atomic E-state index is 14.2. The van der Waals surface area contributed by atoms with Gasteiger partial charge >= 0.3 is 0 Å². The minimum absolute atomic E-state index is 0.272. The van der Waals surface area contributed by atoms with Crippen LogP contribution < -0.4 is 10.1 Å². The Labute approximate surface area is 122 Å². The largest absolute Gasteiger partial charge is 0.497 e. The van der Waals surface area contributed by atoms with E-state index in [1.54, 1.807) is 18.2 Å². The summed E-state index contributed by atoms with van der Waals surface area (Å²) < 4.78 is 24.4. The highest BCUT2D eigenvalue weighted by Gasteiger charge is 2.21. The second-order valence-corrected chi connectivity index (χ2v) is 4.77. The summed E-state index contributed by atoms with van der Waals surface area (Å²) in [4.78, 5) is 0. The molecule has 0 aliphatic carbocycles. The zero-order valence-corrected chi connectivity index (χ0v) is 12.2. The molecule has 0 saturated heterocycles. The Morgan fingerprint density at radius 1 is 1.35 bits per heavy atom. The molecule has 0 bridgehead atoms. The van der Waals surface area contributed by atoms with Gasteiger partial charge in [0.2, 0.25) is 0 Å². The lowest BCUT2D eigenvalue weighted by atomic mass is 10.00. The van der Waals surface area contributed by atoms with Crippen LogP contribution in [0.1, 0.15) is 30.5 Å². The highest BCUT2D eigenvalue weighted by molar-refractivity contribution is 6.29. The number of nitrogens with one attached hydrogen (secondary N) is 1. The molecule has 1 atom stereocenters. The van der Waals surface area contributed by atoms with Gasteiger partial charge in [-0.3, -0.25) is 0 Å². The van der Waals surface area contributed by atoms with Crippen LogP contribution in [-0.2, 0) is 0 Å². The van der Waals surface area contributed by atoms with Crippen molar-refractivity contribution in [2.75, 3.05) is 13.7 Å². The van der Waals surface area contributed by atoms with Crippen molar-refractivity contribution in [1.82, 2.24) is 5.32 Å². The van der Waals surface area contributed by atoms with Gasteiger partial charge in [-0.2, -0.15) is 0 Å². The number of rotatable bonds is 6. The van der Waals surface area contributed by atoms with E-state index in [1.165, 1.54) is 19.4 Å². The number of furan rings is 1. The first-order valence-electron chi connectivity index (χ1n) is 6.47. The molecule has 2 aromatic rings. The molecule has 1 aromatic carbocycles. The number of ether oxygens (including phenoxy) is 1. The number of benzene rings is 1.